The second-order valence-electron chi connectivity index (χ2n) is 5.72. The molecule has 7 heteroatoms. The molecule has 0 aromatic heterocycles. The molecule has 0 saturated carbocycles. The predicted octanol–water partition coefficient (Wildman–Crippen LogP) is 3.37. The average Bonchev–Trinajstić information content (AvgIpc) is 2.88. The van der Waals surface area contributed by atoms with Crippen LogP contribution in [-0.4, -0.2) is 30.9 Å². The third-order valence-electron chi connectivity index (χ3n) is 3.96. The first kappa shape index (κ1) is 18.0. The molecule has 0 aliphatic carbocycles. The number of nitrogens with one attached hydrogen (secondary N) is 2. The Hall–Kier alpha value is -2.80. The van der Waals surface area contributed by atoms with Gasteiger partial charge < -0.3 is 14.4 Å². The molecule has 0 unspecified atom stereocenters. The number of nitrogens with zero attached hydrogens (tertiary/aromatic N) is 1. The van der Waals surface area contributed by atoms with Crippen LogP contribution in [-0.2, 0) is 11.4 Å². The molecule has 1 heterocycles. The molecule has 6 nitrogen and oxygen atoms in total. The third-order valence-corrected chi connectivity index (χ3v) is 4.49. The summed E-state index contributed by atoms with van der Waals surface area (Å²) in [7, 11) is 3.24. The summed E-state index contributed by atoms with van der Waals surface area (Å²) >= 11 is 3.41. The van der Waals surface area contributed by atoms with Gasteiger partial charge in [0.05, 0.1) is 7.11 Å². The smallest absolute Gasteiger partial charge is 0.274 e. The highest BCUT2D eigenvalue weighted by atomic mass is 79.9. The molecular weight excluding hydrogens is 398 g/mol. The van der Waals surface area contributed by atoms with Gasteiger partial charge in [0, 0.05) is 11.5 Å². The number of hydrogen-bond acceptors (Lipinski definition) is 4. The van der Waals surface area contributed by atoms with E-state index in [0.29, 0.717) is 23.8 Å². The van der Waals surface area contributed by atoms with Gasteiger partial charge in [0.25, 0.3) is 5.91 Å². The summed E-state index contributed by atoms with van der Waals surface area (Å²) in [6.07, 6.45) is 1.71. The fourth-order valence-electron chi connectivity index (χ4n) is 2.48. The summed E-state index contributed by atoms with van der Waals surface area (Å²) in [5, 5.41) is 10.1. The fraction of sp³-hybridized carbons (Fsp3) is 0.158. The Morgan fingerprint density at radius 1 is 1.19 bits per heavy atom. The number of amides is 1. The Morgan fingerprint density at radius 2 is 1.92 bits per heavy atom. The Bertz CT molecular complexity index is 878. The molecule has 0 radical (unpaired) electrons. The molecular formula is C19H18BrN3O3. The lowest BCUT2D eigenvalue weighted by molar-refractivity contribution is -0.115. The molecule has 1 saturated heterocycles. The van der Waals surface area contributed by atoms with Crippen LogP contribution >= 0.6 is 15.9 Å². The first-order valence-electron chi connectivity index (χ1n) is 7.88. The van der Waals surface area contributed by atoms with Gasteiger partial charge in [-0.15, -0.1) is 0 Å². The van der Waals surface area contributed by atoms with Crippen molar-refractivity contribution in [2.45, 2.75) is 6.61 Å². The molecule has 1 aliphatic rings. The van der Waals surface area contributed by atoms with E-state index in [1.54, 1.807) is 26.3 Å². The van der Waals surface area contributed by atoms with Crippen molar-refractivity contribution in [1.29, 1.82) is 5.41 Å². The minimum atomic E-state index is -0.299. The number of likely N-dealkylation sites (N-methyl/N-ethyl adjacent to an activating group) is 1. The van der Waals surface area contributed by atoms with Gasteiger partial charge in [-0.1, -0.05) is 34.1 Å². The first-order valence-corrected chi connectivity index (χ1v) is 8.68. The van der Waals surface area contributed by atoms with E-state index in [0.717, 1.165) is 15.6 Å². The number of methoxy groups -OCH3 is 1. The maximum Gasteiger partial charge on any atom is 0.274 e. The highest BCUT2D eigenvalue weighted by Crippen LogP contribution is 2.30. The molecule has 0 bridgehead atoms. The number of carbonyl (C=O) groups is 1. The lowest BCUT2D eigenvalue weighted by Crippen LogP contribution is -2.25. The summed E-state index contributed by atoms with van der Waals surface area (Å²) in [6.45, 7) is 0.423. The standard InChI is InChI=1S/C19H18BrN3O3/c1-23-15(18(24)22-19(23)21)9-13-5-8-16(17(10-13)25-2)26-11-12-3-6-14(20)7-4-12/h3-10H,11H2,1-2H3,(H2,21,22,24)/b15-9+. The molecule has 1 amide bonds. The van der Waals surface area contributed by atoms with Crippen molar-refractivity contribution in [3.8, 4) is 11.5 Å². The van der Waals surface area contributed by atoms with E-state index in [2.05, 4.69) is 21.2 Å². The Morgan fingerprint density at radius 3 is 2.54 bits per heavy atom. The topological polar surface area (TPSA) is 74.7 Å². The summed E-state index contributed by atoms with van der Waals surface area (Å²) in [5.74, 6) is 0.955. The van der Waals surface area contributed by atoms with Crippen LogP contribution < -0.4 is 14.8 Å². The molecule has 0 spiro atoms. The number of halogens is 1. The number of guanidine groups is 1. The molecule has 1 aliphatic heterocycles. The van der Waals surface area contributed by atoms with Gasteiger partial charge in [0.15, 0.2) is 11.5 Å². The van der Waals surface area contributed by atoms with Gasteiger partial charge in [-0.2, -0.15) is 0 Å². The summed E-state index contributed by atoms with van der Waals surface area (Å²) in [4.78, 5) is 13.4. The number of hydrogen-bond donors (Lipinski definition) is 2. The van der Waals surface area contributed by atoms with Gasteiger partial charge in [0.2, 0.25) is 5.96 Å². The molecule has 134 valence electrons. The Labute approximate surface area is 160 Å². The minimum Gasteiger partial charge on any atom is -0.493 e. The molecule has 2 N–H and O–H groups in total. The quantitative estimate of drug-likeness (QED) is 0.734. The second kappa shape index (κ2) is 7.61. The van der Waals surface area contributed by atoms with Crippen LogP contribution in [0.4, 0.5) is 0 Å². The zero-order chi connectivity index (χ0) is 18.7. The van der Waals surface area contributed by atoms with Crippen molar-refractivity contribution < 1.29 is 14.3 Å². The molecule has 26 heavy (non-hydrogen) atoms. The largest absolute Gasteiger partial charge is 0.493 e. The fourth-order valence-corrected chi connectivity index (χ4v) is 2.75. The maximum absolute atomic E-state index is 11.9. The normalized spacial score (nSPS) is 15.3. The van der Waals surface area contributed by atoms with Crippen LogP contribution in [0.2, 0.25) is 0 Å². The van der Waals surface area contributed by atoms with Crippen molar-refractivity contribution in [3.05, 3.63) is 63.8 Å². The molecule has 2 aromatic carbocycles. The van der Waals surface area contributed by atoms with E-state index in [4.69, 9.17) is 14.9 Å². The van der Waals surface area contributed by atoms with Crippen molar-refractivity contribution in [1.82, 2.24) is 10.2 Å². The van der Waals surface area contributed by atoms with Crippen molar-refractivity contribution in [2.75, 3.05) is 14.2 Å². The van der Waals surface area contributed by atoms with Crippen molar-refractivity contribution >= 4 is 33.9 Å². The lowest BCUT2D eigenvalue weighted by Gasteiger charge is -2.12. The van der Waals surface area contributed by atoms with Gasteiger partial charge in [0.1, 0.15) is 12.3 Å². The molecule has 1 fully saturated rings. The molecule has 0 atom stereocenters. The summed E-state index contributed by atoms with van der Waals surface area (Å²) in [6, 6.07) is 13.3. The monoisotopic (exact) mass is 415 g/mol. The van der Waals surface area contributed by atoms with Crippen molar-refractivity contribution in [2.24, 2.45) is 0 Å². The zero-order valence-electron chi connectivity index (χ0n) is 14.4. The number of benzene rings is 2. The summed E-state index contributed by atoms with van der Waals surface area (Å²) in [5.41, 5.74) is 2.23. The minimum absolute atomic E-state index is 0.0580. The maximum atomic E-state index is 11.9. The van der Waals surface area contributed by atoms with E-state index in [9.17, 15) is 4.79 Å². The molecule has 2 aromatic rings. The third kappa shape index (κ3) is 3.88. The van der Waals surface area contributed by atoms with Crippen LogP contribution in [0.3, 0.4) is 0 Å². The van der Waals surface area contributed by atoms with Gasteiger partial charge >= 0.3 is 0 Å². The van der Waals surface area contributed by atoms with E-state index in [-0.39, 0.29) is 11.9 Å². The Kier molecular flexibility index (Phi) is 5.27. The number of carbonyl (C=O) groups excluding carboxylic acids is 1. The van der Waals surface area contributed by atoms with Gasteiger partial charge in [-0.05, 0) is 41.5 Å². The van der Waals surface area contributed by atoms with E-state index >= 15 is 0 Å². The zero-order valence-corrected chi connectivity index (χ0v) is 16.0. The SMILES string of the molecule is COc1cc(/C=C2\C(=O)NC(=N)N2C)ccc1OCc1ccc(Br)cc1. The van der Waals surface area contributed by atoms with Crippen LogP contribution in [0, 0.1) is 5.41 Å². The van der Waals surface area contributed by atoms with Gasteiger partial charge in [-0.3, -0.25) is 15.5 Å². The van der Waals surface area contributed by atoms with Crippen LogP contribution in [0.15, 0.2) is 52.6 Å². The first-order chi connectivity index (χ1) is 12.5. The molecule has 3 rings (SSSR count). The van der Waals surface area contributed by atoms with E-state index in [1.165, 1.54) is 4.90 Å². The van der Waals surface area contributed by atoms with E-state index in [1.807, 2.05) is 36.4 Å². The summed E-state index contributed by atoms with van der Waals surface area (Å²) < 4.78 is 12.3. The lowest BCUT2D eigenvalue weighted by atomic mass is 10.1. The second-order valence-corrected chi connectivity index (χ2v) is 6.63. The Balaban J connectivity index is 1.78. The highest BCUT2D eigenvalue weighted by molar-refractivity contribution is 9.10. The van der Waals surface area contributed by atoms with Crippen LogP contribution in [0.1, 0.15) is 11.1 Å². The number of ether oxygens (including phenoxy) is 2. The average molecular weight is 416 g/mol. The highest BCUT2D eigenvalue weighted by Gasteiger charge is 2.26. The van der Waals surface area contributed by atoms with Crippen molar-refractivity contribution in [3.63, 3.8) is 0 Å². The van der Waals surface area contributed by atoms with Crippen LogP contribution in [0.25, 0.3) is 6.08 Å². The number of rotatable bonds is 5. The van der Waals surface area contributed by atoms with Gasteiger partial charge in [-0.25, -0.2) is 0 Å². The predicted molar refractivity (Wildman–Crippen MR) is 103 cm³/mol. The van der Waals surface area contributed by atoms with Crippen LogP contribution in [0.5, 0.6) is 11.5 Å². The van der Waals surface area contributed by atoms with E-state index < -0.39 is 0 Å².